The van der Waals surface area contributed by atoms with Crippen molar-refractivity contribution in [3.05, 3.63) is 53.4 Å². The zero-order valence-electron chi connectivity index (χ0n) is 20.7. The SMILES string of the molecule is CCCCCc1ccc(S(=O)(=O)Nc2cc(-c3csc(NC(C)=O)n3)ccc2N2CCNCC2)cc1. The number of nitrogens with zero attached hydrogens (tertiary/aromatic N) is 2. The Balaban J connectivity index is 1.62. The number of piperazine rings is 1. The van der Waals surface area contributed by atoms with Crippen LogP contribution in [0.15, 0.2) is 52.7 Å². The second-order valence-electron chi connectivity index (χ2n) is 8.89. The zero-order valence-corrected chi connectivity index (χ0v) is 22.3. The van der Waals surface area contributed by atoms with Crippen LogP contribution < -0.4 is 20.3 Å². The molecule has 4 rings (SSSR count). The van der Waals surface area contributed by atoms with Crippen LogP contribution in [0.1, 0.15) is 38.7 Å². The molecule has 1 aromatic heterocycles. The Kier molecular flexibility index (Phi) is 8.60. The predicted molar refractivity (Wildman–Crippen MR) is 147 cm³/mol. The van der Waals surface area contributed by atoms with E-state index >= 15 is 0 Å². The molecule has 0 unspecified atom stereocenters. The maximum Gasteiger partial charge on any atom is 0.261 e. The maximum absolute atomic E-state index is 13.4. The molecule has 1 saturated heterocycles. The number of carbonyl (C=O) groups is 1. The fourth-order valence-corrected chi connectivity index (χ4v) is 6.02. The molecule has 0 spiro atoms. The van der Waals surface area contributed by atoms with Gasteiger partial charge in [-0.25, -0.2) is 13.4 Å². The number of hydrogen-bond acceptors (Lipinski definition) is 7. The molecule has 10 heteroatoms. The van der Waals surface area contributed by atoms with E-state index in [1.807, 2.05) is 35.7 Å². The molecule has 3 N–H and O–H groups in total. The zero-order chi connectivity index (χ0) is 25.5. The summed E-state index contributed by atoms with van der Waals surface area (Å²) in [5.41, 5.74) is 3.93. The first-order valence-electron chi connectivity index (χ1n) is 12.3. The number of thiazole rings is 1. The van der Waals surface area contributed by atoms with Crippen LogP contribution in [0.5, 0.6) is 0 Å². The lowest BCUT2D eigenvalue weighted by Crippen LogP contribution is -2.43. The quantitative estimate of drug-likeness (QED) is 0.330. The molecule has 2 heterocycles. The summed E-state index contributed by atoms with van der Waals surface area (Å²) in [6.45, 7) is 6.84. The largest absolute Gasteiger partial charge is 0.367 e. The molecule has 0 atom stereocenters. The number of unbranched alkanes of at least 4 members (excludes halogenated alkanes) is 2. The number of rotatable bonds is 10. The Morgan fingerprint density at radius 3 is 2.56 bits per heavy atom. The second kappa shape index (κ2) is 11.9. The van der Waals surface area contributed by atoms with Crippen molar-refractivity contribution in [2.24, 2.45) is 0 Å². The molecule has 2 aromatic carbocycles. The highest BCUT2D eigenvalue weighted by molar-refractivity contribution is 7.92. The highest BCUT2D eigenvalue weighted by atomic mass is 32.2. The van der Waals surface area contributed by atoms with E-state index in [0.29, 0.717) is 16.5 Å². The van der Waals surface area contributed by atoms with Crippen molar-refractivity contribution in [2.45, 2.75) is 44.4 Å². The van der Waals surface area contributed by atoms with Crippen molar-refractivity contribution < 1.29 is 13.2 Å². The van der Waals surface area contributed by atoms with E-state index in [0.717, 1.165) is 68.7 Å². The fraction of sp³-hybridized carbons (Fsp3) is 0.385. The van der Waals surface area contributed by atoms with Crippen LogP contribution >= 0.6 is 11.3 Å². The molecule has 1 aliphatic heterocycles. The van der Waals surface area contributed by atoms with Gasteiger partial charge in [-0.2, -0.15) is 0 Å². The molecular weight excluding hydrogens is 494 g/mol. The minimum absolute atomic E-state index is 0.185. The Morgan fingerprint density at radius 1 is 1.11 bits per heavy atom. The highest BCUT2D eigenvalue weighted by Gasteiger charge is 2.21. The molecular formula is C26H33N5O3S2. The molecule has 1 aliphatic rings. The number of carbonyl (C=O) groups excluding carboxylic acids is 1. The van der Waals surface area contributed by atoms with Crippen molar-refractivity contribution in [1.82, 2.24) is 10.3 Å². The number of benzene rings is 2. The number of sulfonamides is 1. The number of aromatic nitrogens is 1. The van der Waals surface area contributed by atoms with Gasteiger partial charge < -0.3 is 15.5 Å². The number of amides is 1. The summed E-state index contributed by atoms with van der Waals surface area (Å²) < 4.78 is 29.6. The van der Waals surface area contributed by atoms with Crippen LogP contribution in [0.25, 0.3) is 11.3 Å². The molecule has 0 saturated carbocycles. The van der Waals surface area contributed by atoms with Crippen LogP contribution in [0.3, 0.4) is 0 Å². The summed E-state index contributed by atoms with van der Waals surface area (Å²) in [4.78, 5) is 18.3. The standard InChI is InChI=1S/C26H33N5O3S2/c1-3-4-5-6-20-7-10-22(11-8-20)36(33,34)30-23-17-21(24-18-35-26(29-24)28-19(2)32)9-12-25(23)31-15-13-27-14-16-31/h7-12,17-18,27,30H,3-6,13-16H2,1-2H3,(H,28,29,32). The molecule has 8 nitrogen and oxygen atoms in total. The van der Waals surface area contributed by atoms with Gasteiger partial charge in [0.15, 0.2) is 5.13 Å². The van der Waals surface area contributed by atoms with Crippen molar-refractivity contribution in [2.75, 3.05) is 41.1 Å². The Labute approximate surface area is 217 Å². The lowest BCUT2D eigenvalue weighted by atomic mass is 10.1. The third-order valence-electron chi connectivity index (χ3n) is 6.08. The molecule has 1 amide bonds. The van der Waals surface area contributed by atoms with E-state index in [2.05, 4.69) is 32.2 Å². The van der Waals surface area contributed by atoms with E-state index in [-0.39, 0.29) is 10.8 Å². The normalized spacial score (nSPS) is 14.0. The molecule has 3 aromatic rings. The summed E-state index contributed by atoms with van der Waals surface area (Å²) >= 11 is 1.33. The molecule has 1 fully saturated rings. The third-order valence-corrected chi connectivity index (χ3v) is 8.22. The van der Waals surface area contributed by atoms with Gasteiger partial charge in [0.05, 0.1) is 22.0 Å². The van der Waals surface area contributed by atoms with Crippen molar-refractivity contribution in [1.29, 1.82) is 0 Å². The molecule has 0 radical (unpaired) electrons. The third kappa shape index (κ3) is 6.63. The predicted octanol–water partition coefficient (Wildman–Crippen LogP) is 4.71. The lowest BCUT2D eigenvalue weighted by molar-refractivity contribution is -0.114. The van der Waals surface area contributed by atoms with Crippen LogP contribution in [0, 0.1) is 0 Å². The van der Waals surface area contributed by atoms with Crippen molar-refractivity contribution in [3.8, 4) is 11.3 Å². The van der Waals surface area contributed by atoms with E-state index < -0.39 is 10.0 Å². The van der Waals surface area contributed by atoms with Crippen molar-refractivity contribution >= 4 is 43.8 Å². The van der Waals surface area contributed by atoms with Gasteiger partial charge in [0.25, 0.3) is 10.0 Å². The summed E-state index contributed by atoms with van der Waals surface area (Å²) in [6, 6.07) is 12.9. The average molecular weight is 528 g/mol. The summed E-state index contributed by atoms with van der Waals surface area (Å²) in [5, 5.41) is 8.38. The van der Waals surface area contributed by atoms with E-state index in [1.54, 1.807) is 12.1 Å². The fourth-order valence-electron chi connectivity index (χ4n) is 4.19. The highest BCUT2D eigenvalue weighted by Crippen LogP contribution is 2.34. The monoisotopic (exact) mass is 527 g/mol. The molecule has 192 valence electrons. The van der Waals surface area contributed by atoms with Crippen LogP contribution in [0.4, 0.5) is 16.5 Å². The first-order valence-corrected chi connectivity index (χ1v) is 14.7. The number of hydrogen-bond donors (Lipinski definition) is 3. The summed E-state index contributed by atoms with van der Waals surface area (Å²) in [5.74, 6) is -0.185. The van der Waals surface area contributed by atoms with Crippen LogP contribution in [0.2, 0.25) is 0 Å². The molecule has 0 aliphatic carbocycles. The Morgan fingerprint density at radius 2 is 1.86 bits per heavy atom. The van der Waals surface area contributed by atoms with E-state index in [4.69, 9.17) is 0 Å². The van der Waals surface area contributed by atoms with Gasteiger partial charge in [0, 0.05) is 44.0 Å². The minimum Gasteiger partial charge on any atom is -0.367 e. The van der Waals surface area contributed by atoms with Gasteiger partial charge >= 0.3 is 0 Å². The number of aryl methyl sites for hydroxylation is 1. The maximum atomic E-state index is 13.4. The summed E-state index contributed by atoms with van der Waals surface area (Å²) in [6.07, 6.45) is 4.37. The first kappa shape index (κ1) is 26.1. The van der Waals surface area contributed by atoms with Crippen molar-refractivity contribution in [3.63, 3.8) is 0 Å². The Hall–Kier alpha value is -2.95. The summed E-state index contributed by atoms with van der Waals surface area (Å²) in [7, 11) is -3.79. The van der Waals surface area contributed by atoms with E-state index in [1.165, 1.54) is 18.3 Å². The van der Waals surface area contributed by atoms with Crippen LogP contribution in [-0.2, 0) is 21.2 Å². The average Bonchev–Trinajstić information content (AvgIpc) is 3.33. The Bertz CT molecular complexity index is 1280. The molecule has 36 heavy (non-hydrogen) atoms. The smallest absolute Gasteiger partial charge is 0.261 e. The topological polar surface area (TPSA) is 103 Å². The number of nitrogens with one attached hydrogen (secondary N) is 3. The van der Waals surface area contributed by atoms with Gasteiger partial charge in [-0.05, 0) is 42.7 Å². The van der Waals surface area contributed by atoms with Gasteiger partial charge in [0.2, 0.25) is 5.91 Å². The molecule has 0 bridgehead atoms. The lowest BCUT2D eigenvalue weighted by Gasteiger charge is -2.31. The van der Waals surface area contributed by atoms with Gasteiger partial charge in [-0.1, -0.05) is 38.0 Å². The van der Waals surface area contributed by atoms with Gasteiger partial charge in [0.1, 0.15) is 0 Å². The van der Waals surface area contributed by atoms with E-state index in [9.17, 15) is 13.2 Å². The first-order chi connectivity index (χ1) is 17.4. The second-order valence-corrected chi connectivity index (χ2v) is 11.4. The van der Waals surface area contributed by atoms with Gasteiger partial charge in [-0.3, -0.25) is 9.52 Å². The number of anilines is 3. The minimum atomic E-state index is -3.79. The van der Waals surface area contributed by atoms with Crippen LogP contribution in [-0.4, -0.2) is 45.5 Å². The van der Waals surface area contributed by atoms with Gasteiger partial charge in [-0.15, -0.1) is 11.3 Å².